The molecule has 31 heavy (non-hydrogen) atoms. The number of aromatic nitrogens is 1. The summed E-state index contributed by atoms with van der Waals surface area (Å²) in [5.41, 5.74) is 2.45. The number of hydrogen-bond donors (Lipinski definition) is 0. The summed E-state index contributed by atoms with van der Waals surface area (Å²) in [5, 5.41) is 9.79. The van der Waals surface area contributed by atoms with Gasteiger partial charge in [0.25, 0.3) is 0 Å². The standard InChI is InChI=1S/C24H29N5O2/c1-15-10-16(2)26-23(19(15)12-25)28-13-17-11-18(14-28)22(24(31)27-8-3-4-9-27)29-20(17)6-5-7-21(29)30/h3-4,10,17-18,20,22H,5-9,11,13-14H2,1-2H3/t17-,18+,20-,22+/m0/s1. The van der Waals surface area contributed by atoms with Crippen LogP contribution < -0.4 is 4.90 Å². The molecule has 7 nitrogen and oxygen atoms in total. The highest BCUT2D eigenvalue weighted by Gasteiger charge is 2.53. The highest BCUT2D eigenvalue weighted by atomic mass is 16.2. The topological polar surface area (TPSA) is 80.5 Å². The second-order valence-corrected chi connectivity index (χ2v) is 9.47. The van der Waals surface area contributed by atoms with Crippen LogP contribution in [-0.4, -0.2) is 64.9 Å². The number of pyridine rings is 1. The number of fused-ring (bicyclic) bond motifs is 4. The zero-order valence-electron chi connectivity index (χ0n) is 18.3. The van der Waals surface area contributed by atoms with Crippen molar-refractivity contribution >= 4 is 17.6 Å². The molecule has 2 amide bonds. The molecule has 4 aliphatic heterocycles. The predicted molar refractivity (Wildman–Crippen MR) is 116 cm³/mol. The van der Waals surface area contributed by atoms with Gasteiger partial charge < -0.3 is 14.7 Å². The van der Waals surface area contributed by atoms with Gasteiger partial charge in [0.1, 0.15) is 17.9 Å². The first-order chi connectivity index (χ1) is 15.0. The van der Waals surface area contributed by atoms with Crippen LogP contribution in [0.15, 0.2) is 18.2 Å². The molecule has 0 spiro atoms. The van der Waals surface area contributed by atoms with E-state index in [0.29, 0.717) is 37.5 Å². The van der Waals surface area contributed by atoms with Crippen molar-refractivity contribution < 1.29 is 9.59 Å². The second-order valence-electron chi connectivity index (χ2n) is 9.47. The first-order valence-electron chi connectivity index (χ1n) is 11.4. The van der Waals surface area contributed by atoms with Crippen molar-refractivity contribution in [2.75, 3.05) is 31.1 Å². The Bertz CT molecular complexity index is 988. The third-order valence-corrected chi connectivity index (χ3v) is 7.46. The summed E-state index contributed by atoms with van der Waals surface area (Å²) in [6.07, 6.45) is 7.37. The molecular formula is C24H29N5O2. The van der Waals surface area contributed by atoms with Crippen molar-refractivity contribution in [1.82, 2.24) is 14.8 Å². The summed E-state index contributed by atoms with van der Waals surface area (Å²) < 4.78 is 0. The molecule has 2 bridgehead atoms. The summed E-state index contributed by atoms with van der Waals surface area (Å²) >= 11 is 0. The number of amides is 2. The van der Waals surface area contributed by atoms with Crippen LogP contribution in [0, 0.1) is 37.0 Å². The lowest BCUT2D eigenvalue weighted by molar-refractivity contribution is -0.160. The van der Waals surface area contributed by atoms with Gasteiger partial charge in [0.2, 0.25) is 11.8 Å². The molecule has 0 aromatic carbocycles. The Hall–Kier alpha value is -2.88. The molecular weight excluding hydrogens is 390 g/mol. The summed E-state index contributed by atoms with van der Waals surface area (Å²) in [6.45, 7) is 6.58. The van der Waals surface area contributed by atoms with E-state index in [1.54, 1.807) is 0 Å². The van der Waals surface area contributed by atoms with E-state index < -0.39 is 6.04 Å². The van der Waals surface area contributed by atoms with Gasteiger partial charge in [-0.1, -0.05) is 12.2 Å². The van der Waals surface area contributed by atoms with E-state index in [1.165, 1.54) is 0 Å². The van der Waals surface area contributed by atoms with Crippen LogP contribution in [0.5, 0.6) is 0 Å². The molecule has 1 aromatic rings. The van der Waals surface area contributed by atoms with Gasteiger partial charge in [0.15, 0.2) is 0 Å². The van der Waals surface area contributed by atoms with Crippen molar-refractivity contribution in [1.29, 1.82) is 5.26 Å². The number of rotatable bonds is 2. The summed E-state index contributed by atoms with van der Waals surface area (Å²) in [5.74, 6) is 1.30. The zero-order chi connectivity index (χ0) is 21.7. The van der Waals surface area contributed by atoms with E-state index in [1.807, 2.05) is 41.9 Å². The highest BCUT2D eigenvalue weighted by molar-refractivity contribution is 5.89. The Morgan fingerprint density at radius 1 is 1.19 bits per heavy atom. The van der Waals surface area contributed by atoms with E-state index in [4.69, 9.17) is 4.98 Å². The molecule has 7 heteroatoms. The summed E-state index contributed by atoms with van der Waals surface area (Å²) in [4.78, 5) is 37.4. The van der Waals surface area contributed by atoms with Gasteiger partial charge in [-0.2, -0.15) is 5.26 Å². The highest BCUT2D eigenvalue weighted by Crippen LogP contribution is 2.43. The van der Waals surface area contributed by atoms with Gasteiger partial charge in [0.05, 0.1) is 5.56 Å². The zero-order valence-corrected chi connectivity index (χ0v) is 18.3. The molecule has 3 fully saturated rings. The average Bonchev–Trinajstić information content (AvgIpc) is 3.29. The number of piperidine rings is 3. The Morgan fingerprint density at radius 3 is 2.68 bits per heavy atom. The monoisotopic (exact) mass is 419 g/mol. The van der Waals surface area contributed by atoms with Crippen LogP contribution in [-0.2, 0) is 9.59 Å². The van der Waals surface area contributed by atoms with Gasteiger partial charge in [0, 0.05) is 50.3 Å². The number of carbonyl (C=O) groups excluding carboxylic acids is 2. The lowest BCUT2D eigenvalue weighted by Gasteiger charge is -2.56. The molecule has 162 valence electrons. The van der Waals surface area contributed by atoms with Crippen molar-refractivity contribution in [3.8, 4) is 6.07 Å². The molecule has 0 saturated carbocycles. The molecule has 3 saturated heterocycles. The molecule has 0 aliphatic carbocycles. The molecule has 0 radical (unpaired) electrons. The third-order valence-electron chi connectivity index (χ3n) is 7.46. The van der Waals surface area contributed by atoms with Crippen LogP contribution in [0.2, 0.25) is 0 Å². The number of anilines is 1. The minimum absolute atomic E-state index is 0.0549. The molecule has 4 atom stereocenters. The SMILES string of the molecule is Cc1cc(C)c(C#N)c(N2C[C@@H]3C[C@H](C2)[C@H](C(=O)N2CC=CC2)N2C(=O)CCC[C@@H]32)n1. The van der Waals surface area contributed by atoms with Gasteiger partial charge in [-0.05, 0) is 50.7 Å². The Kier molecular flexibility index (Phi) is 4.96. The lowest BCUT2D eigenvalue weighted by atomic mass is 9.71. The number of hydrogen-bond acceptors (Lipinski definition) is 5. The largest absolute Gasteiger partial charge is 0.355 e. The van der Waals surface area contributed by atoms with Gasteiger partial charge in [-0.25, -0.2) is 4.98 Å². The van der Waals surface area contributed by atoms with Crippen LogP contribution in [0.25, 0.3) is 0 Å². The summed E-state index contributed by atoms with van der Waals surface area (Å²) in [6, 6.07) is 3.98. The molecule has 5 rings (SSSR count). The maximum atomic E-state index is 13.6. The maximum Gasteiger partial charge on any atom is 0.246 e. The minimum Gasteiger partial charge on any atom is -0.355 e. The number of aryl methyl sites for hydroxylation is 2. The molecule has 0 unspecified atom stereocenters. The fourth-order valence-corrected chi connectivity index (χ4v) is 6.18. The maximum absolute atomic E-state index is 13.6. The lowest BCUT2D eigenvalue weighted by Crippen LogP contribution is -2.68. The van der Waals surface area contributed by atoms with E-state index in [-0.39, 0.29) is 23.8 Å². The van der Waals surface area contributed by atoms with E-state index in [2.05, 4.69) is 11.0 Å². The average molecular weight is 420 g/mol. The van der Waals surface area contributed by atoms with Crippen molar-refractivity contribution in [2.24, 2.45) is 11.8 Å². The quantitative estimate of drug-likeness (QED) is 0.687. The normalized spacial score (nSPS) is 29.7. The van der Waals surface area contributed by atoms with Gasteiger partial charge in [-0.3, -0.25) is 9.59 Å². The minimum atomic E-state index is -0.409. The second kappa shape index (κ2) is 7.67. The van der Waals surface area contributed by atoms with Crippen LogP contribution >= 0.6 is 0 Å². The van der Waals surface area contributed by atoms with Gasteiger partial charge >= 0.3 is 0 Å². The third kappa shape index (κ3) is 3.29. The van der Waals surface area contributed by atoms with Gasteiger partial charge in [-0.15, -0.1) is 0 Å². The fourth-order valence-electron chi connectivity index (χ4n) is 6.18. The molecule has 1 aromatic heterocycles. The van der Waals surface area contributed by atoms with Crippen LogP contribution in [0.4, 0.5) is 5.82 Å². The Labute approximate surface area is 183 Å². The molecule has 0 N–H and O–H groups in total. The van der Waals surface area contributed by atoms with E-state index in [0.717, 1.165) is 42.9 Å². The van der Waals surface area contributed by atoms with E-state index in [9.17, 15) is 14.9 Å². The molecule has 5 heterocycles. The fraction of sp³-hybridized carbons (Fsp3) is 0.583. The number of nitrogens with zero attached hydrogens (tertiary/aromatic N) is 5. The Balaban J connectivity index is 1.52. The first-order valence-corrected chi connectivity index (χ1v) is 11.4. The number of nitriles is 1. The smallest absolute Gasteiger partial charge is 0.246 e. The number of carbonyl (C=O) groups is 2. The first kappa shape index (κ1) is 20.0. The van der Waals surface area contributed by atoms with Crippen molar-refractivity contribution in [3.63, 3.8) is 0 Å². The van der Waals surface area contributed by atoms with Crippen molar-refractivity contribution in [3.05, 3.63) is 35.0 Å². The van der Waals surface area contributed by atoms with E-state index >= 15 is 0 Å². The van der Waals surface area contributed by atoms with Crippen molar-refractivity contribution in [2.45, 2.75) is 51.6 Å². The van der Waals surface area contributed by atoms with Crippen LogP contribution in [0.1, 0.15) is 42.5 Å². The Morgan fingerprint density at radius 2 is 1.94 bits per heavy atom. The summed E-state index contributed by atoms with van der Waals surface area (Å²) in [7, 11) is 0. The van der Waals surface area contributed by atoms with Crippen LogP contribution in [0.3, 0.4) is 0 Å². The molecule has 4 aliphatic rings. The predicted octanol–water partition coefficient (Wildman–Crippen LogP) is 2.17.